The number of rotatable bonds is 4. The van der Waals surface area contributed by atoms with Crippen molar-refractivity contribution in [2.24, 2.45) is 11.7 Å². The molecule has 6 nitrogen and oxygen atoms in total. The molecule has 0 saturated carbocycles. The van der Waals surface area contributed by atoms with Gasteiger partial charge in [-0.05, 0) is 36.4 Å². The maximum absolute atomic E-state index is 12.6. The maximum Gasteiger partial charge on any atom is 0.234 e. The highest BCUT2D eigenvalue weighted by Crippen LogP contribution is 2.26. The zero-order valence-electron chi connectivity index (χ0n) is 11.6. The summed E-state index contributed by atoms with van der Waals surface area (Å²) in [5.41, 5.74) is 5.49. The number of amides is 1. The monoisotopic (exact) mass is 287 g/mol. The molecule has 0 aliphatic heterocycles. The van der Waals surface area contributed by atoms with Gasteiger partial charge in [-0.15, -0.1) is 0 Å². The minimum atomic E-state index is -1.27. The minimum Gasteiger partial charge on any atom is -0.396 e. The SMILES string of the molecule is CC(CO)C(=O)N(c1cccnc1)C1(N)C=CC(=O)C=C1. The number of ketones is 1. The molecular formula is C15H17N3O3. The van der Waals surface area contributed by atoms with Crippen molar-refractivity contribution >= 4 is 17.4 Å². The Bertz CT molecular complexity index is 579. The van der Waals surface area contributed by atoms with Crippen molar-refractivity contribution in [3.8, 4) is 0 Å². The Morgan fingerprint density at radius 1 is 1.48 bits per heavy atom. The molecule has 0 saturated heterocycles. The number of nitrogens with zero attached hydrogens (tertiary/aromatic N) is 2. The molecule has 1 aliphatic carbocycles. The van der Waals surface area contributed by atoms with Gasteiger partial charge in [0.05, 0.1) is 24.4 Å². The topological polar surface area (TPSA) is 96.5 Å². The van der Waals surface area contributed by atoms with Crippen LogP contribution in [0.5, 0.6) is 0 Å². The third-order valence-electron chi connectivity index (χ3n) is 3.24. The van der Waals surface area contributed by atoms with Crippen molar-refractivity contribution in [3.05, 3.63) is 48.8 Å². The molecule has 2 rings (SSSR count). The van der Waals surface area contributed by atoms with Gasteiger partial charge in [0.15, 0.2) is 5.78 Å². The fraction of sp³-hybridized carbons (Fsp3) is 0.267. The van der Waals surface area contributed by atoms with E-state index in [1.54, 1.807) is 25.3 Å². The molecule has 1 aromatic heterocycles. The molecule has 1 unspecified atom stereocenters. The molecule has 0 spiro atoms. The van der Waals surface area contributed by atoms with Crippen molar-refractivity contribution in [3.63, 3.8) is 0 Å². The molecule has 1 aromatic rings. The van der Waals surface area contributed by atoms with Crippen LogP contribution in [-0.4, -0.2) is 34.1 Å². The summed E-state index contributed by atoms with van der Waals surface area (Å²) in [6.45, 7) is 1.31. The summed E-state index contributed by atoms with van der Waals surface area (Å²) in [5, 5.41) is 9.23. The van der Waals surface area contributed by atoms with Crippen LogP contribution in [-0.2, 0) is 9.59 Å². The van der Waals surface area contributed by atoms with Crippen molar-refractivity contribution in [2.75, 3.05) is 11.5 Å². The Morgan fingerprint density at radius 2 is 2.14 bits per heavy atom. The fourth-order valence-corrected chi connectivity index (χ4v) is 2.02. The Kier molecular flexibility index (Phi) is 4.30. The first-order valence-electron chi connectivity index (χ1n) is 6.54. The van der Waals surface area contributed by atoms with E-state index >= 15 is 0 Å². The van der Waals surface area contributed by atoms with Crippen LogP contribution < -0.4 is 10.6 Å². The molecule has 1 amide bonds. The Morgan fingerprint density at radius 3 is 2.67 bits per heavy atom. The molecule has 0 aromatic carbocycles. The molecular weight excluding hydrogens is 270 g/mol. The van der Waals surface area contributed by atoms with E-state index in [1.807, 2.05) is 0 Å². The van der Waals surface area contributed by atoms with Gasteiger partial charge in [0.1, 0.15) is 5.66 Å². The van der Waals surface area contributed by atoms with Crippen LogP contribution in [0, 0.1) is 5.92 Å². The van der Waals surface area contributed by atoms with Gasteiger partial charge in [-0.2, -0.15) is 0 Å². The van der Waals surface area contributed by atoms with Gasteiger partial charge < -0.3 is 10.8 Å². The Labute approximate surface area is 122 Å². The van der Waals surface area contributed by atoms with Gasteiger partial charge in [-0.3, -0.25) is 19.5 Å². The maximum atomic E-state index is 12.6. The fourth-order valence-electron chi connectivity index (χ4n) is 2.02. The number of nitrogens with two attached hydrogens (primary N) is 1. The lowest BCUT2D eigenvalue weighted by atomic mass is 9.99. The predicted molar refractivity (Wildman–Crippen MR) is 78.2 cm³/mol. The highest BCUT2D eigenvalue weighted by atomic mass is 16.3. The first kappa shape index (κ1) is 15.1. The minimum absolute atomic E-state index is 0.190. The van der Waals surface area contributed by atoms with Gasteiger partial charge in [0, 0.05) is 6.20 Å². The van der Waals surface area contributed by atoms with E-state index in [9.17, 15) is 14.7 Å². The quantitative estimate of drug-likeness (QED) is 0.781. The molecule has 1 heterocycles. The van der Waals surface area contributed by atoms with Crippen LogP contribution in [0.1, 0.15) is 6.92 Å². The normalized spacial score (nSPS) is 17.6. The third-order valence-corrected chi connectivity index (χ3v) is 3.24. The van der Waals surface area contributed by atoms with Crippen LogP contribution in [0.25, 0.3) is 0 Å². The summed E-state index contributed by atoms with van der Waals surface area (Å²) in [6.07, 6.45) is 8.66. The van der Waals surface area contributed by atoms with Gasteiger partial charge in [0.2, 0.25) is 5.91 Å². The van der Waals surface area contributed by atoms with E-state index in [-0.39, 0.29) is 18.3 Å². The van der Waals surface area contributed by atoms with Crippen molar-refractivity contribution in [1.82, 2.24) is 4.98 Å². The van der Waals surface area contributed by atoms with E-state index in [2.05, 4.69) is 4.98 Å². The number of carbonyl (C=O) groups excluding carboxylic acids is 2. The third kappa shape index (κ3) is 3.07. The Balaban J connectivity index is 2.47. The first-order chi connectivity index (χ1) is 9.98. The summed E-state index contributed by atoms with van der Waals surface area (Å²) < 4.78 is 0. The molecule has 1 atom stereocenters. The van der Waals surface area contributed by atoms with Gasteiger partial charge >= 0.3 is 0 Å². The van der Waals surface area contributed by atoms with Crippen molar-refractivity contribution in [1.29, 1.82) is 0 Å². The second-order valence-electron chi connectivity index (χ2n) is 4.92. The van der Waals surface area contributed by atoms with Crippen LogP contribution in [0.3, 0.4) is 0 Å². The van der Waals surface area contributed by atoms with Gasteiger partial charge in [0.25, 0.3) is 0 Å². The van der Waals surface area contributed by atoms with Crippen molar-refractivity contribution < 1.29 is 14.7 Å². The molecule has 3 N–H and O–H groups in total. The lowest BCUT2D eigenvalue weighted by Gasteiger charge is -2.38. The summed E-state index contributed by atoms with van der Waals surface area (Å²) in [6, 6.07) is 3.38. The molecule has 1 aliphatic rings. The number of aliphatic hydroxyl groups excluding tert-OH is 1. The average Bonchev–Trinajstić information content (AvgIpc) is 2.51. The van der Waals surface area contributed by atoms with E-state index in [1.165, 1.54) is 35.4 Å². The lowest BCUT2D eigenvalue weighted by molar-refractivity contribution is -0.123. The van der Waals surface area contributed by atoms with E-state index in [0.29, 0.717) is 5.69 Å². The van der Waals surface area contributed by atoms with Crippen LogP contribution >= 0.6 is 0 Å². The molecule has 0 fully saturated rings. The van der Waals surface area contributed by atoms with E-state index < -0.39 is 11.6 Å². The molecule has 0 radical (unpaired) electrons. The number of pyridine rings is 1. The first-order valence-corrected chi connectivity index (χ1v) is 6.54. The van der Waals surface area contributed by atoms with Crippen molar-refractivity contribution in [2.45, 2.75) is 12.6 Å². The largest absolute Gasteiger partial charge is 0.396 e. The highest BCUT2D eigenvalue weighted by Gasteiger charge is 2.36. The van der Waals surface area contributed by atoms with Gasteiger partial charge in [-0.25, -0.2) is 0 Å². The molecule has 6 heteroatoms. The number of aromatic nitrogens is 1. The van der Waals surface area contributed by atoms with Crippen LogP contribution in [0.15, 0.2) is 48.8 Å². The lowest BCUT2D eigenvalue weighted by Crippen LogP contribution is -2.58. The zero-order valence-corrected chi connectivity index (χ0v) is 11.6. The summed E-state index contributed by atoms with van der Waals surface area (Å²) in [7, 11) is 0. The summed E-state index contributed by atoms with van der Waals surface area (Å²) >= 11 is 0. The van der Waals surface area contributed by atoms with E-state index in [0.717, 1.165) is 0 Å². The zero-order chi connectivity index (χ0) is 15.5. The molecule has 110 valence electrons. The number of carbonyl (C=O) groups is 2. The van der Waals surface area contributed by atoms with Crippen LogP contribution in [0.2, 0.25) is 0 Å². The highest BCUT2D eigenvalue weighted by molar-refractivity contribution is 6.03. The number of hydrogen-bond donors (Lipinski definition) is 2. The summed E-state index contributed by atoms with van der Waals surface area (Å²) in [4.78, 5) is 29.2. The van der Waals surface area contributed by atoms with Gasteiger partial charge in [-0.1, -0.05) is 6.92 Å². The second-order valence-corrected chi connectivity index (χ2v) is 4.92. The number of allylic oxidation sites excluding steroid dienone is 2. The Hall–Kier alpha value is -2.31. The molecule has 21 heavy (non-hydrogen) atoms. The predicted octanol–water partition coefficient (Wildman–Crippen LogP) is 0.393. The second kappa shape index (κ2) is 5.99. The summed E-state index contributed by atoms with van der Waals surface area (Å²) in [5.74, 6) is -1.16. The number of anilines is 1. The number of aliphatic hydroxyl groups is 1. The number of hydrogen-bond acceptors (Lipinski definition) is 5. The van der Waals surface area contributed by atoms with Crippen LogP contribution in [0.4, 0.5) is 5.69 Å². The van der Waals surface area contributed by atoms with E-state index in [4.69, 9.17) is 5.73 Å². The molecule has 0 bridgehead atoms. The smallest absolute Gasteiger partial charge is 0.234 e. The average molecular weight is 287 g/mol. The standard InChI is InChI=1S/C15H17N3O3/c1-11(10-19)14(21)18(12-3-2-8-17-9-12)15(16)6-4-13(20)5-7-15/h2-9,11,19H,10,16H2,1H3.